The number of hydrogen-bond donors (Lipinski definition) is 0. The Hall–Kier alpha value is -2.93. The van der Waals surface area contributed by atoms with Crippen molar-refractivity contribution in [2.24, 2.45) is 0 Å². The lowest BCUT2D eigenvalue weighted by atomic mass is 10.1. The molecule has 3 aromatic rings. The molecule has 0 aliphatic carbocycles. The summed E-state index contributed by atoms with van der Waals surface area (Å²) < 4.78 is 1.62. The third-order valence-electron chi connectivity index (χ3n) is 4.57. The largest absolute Gasteiger partial charge is 0.287 e. The highest BCUT2D eigenvalue weighted by atomic mass is 32.2. The predicted octanol–water partition coefficient (Wildman–Crippen LogP) is 2.80. The van der Waals surface area contributed by atoms with Gasteiger partial charge < -0.3 is 0 Å². The van der Waals surface area contributed by atoms with E-state index in [4.69, 9.17) is 0 Å². The molecular weight excluding hydrogens is 362 g/mol. The minimum absolute atomic E-state index is 0.0775. The smallest absolute Gasteiger partial charge is 0.262 e. The number of para-hydroxylation sites is 1. The van der Waals surface area contributed by atoms with Crippen LogP contribution in [0.5, 0.6) is 0 Å². The number of benzene rings is 2. The quantitative estimate of drug-likeness (QED) is 0.387. The van der Waals surface area contributed by atoms with E-state index in [0.29, 0.717) is 39.5 Å². The highest BCUT2D eigenvalue weighted by Gasteiger charge is 2.34. The van der Waals surface area contributed by atoms with Crippen molar-refractivity contribution in [2.75, 3.05) is 12.3 Å². The Morgan fingerprint density at radius 2 is 1.56 bits per heavy atom. The molecule has 0 bridgehead atoms. The first-order valence-electron chi connectivity index (χ1n) is 8.69. The molecule has 0 radical (unpaired) electrons. The summed E-state index contributed by atoms with van der Waals surface area (Å²) in [5.41, 5.74) is 1.46. The number of imide groups is 1. The van der Waals surface area contributed by atoms with Gasteiger partial charge in [0, 0.05) is 18.8 Å². The van der Waals surface area contributed by atoms with Gasteiger partial charge in [0.05, 0.1) is 22.0 Å². The van der Waals surface area contributed by atoms with E-state index in [0.717, 1.165) is 0 Å². The Morgan fingerprint density at radius 3 is 2.22 bits per heavy atom. The fraction of sp³-hybridized carbons (Fsp3) is 0.200. The second-order valence-electron chi connectivity index (χ2n) is 6.12. The Morgan fingerprint density at radius 1 is 0.926 bits per heavy atom. The van der Waals surface area contributed by atoms with Crippen molar-refractivity contribution in [3.8, 4) is 0 Å². The molecule has 2 amide bonds. The molecule has 2 heterocycles. The SMILES string of the molecule is CCn1c(SCCN2C(=O)c3ccccc3C2=O)nc2ccccc2c1=O. The van der Waals surface area contributed by atoms with Crippen LogP contribution in [0.4, 0.5) is 0 Å². The fourth-order valence-electron chi connectivity index (χ4n) is 3.21. The minimum Gasteiger partial charge on any atom is -0.287 e. The first-order valence-corrected chi connectivity index (χ1v) is 9.68. The van der Waals surface area contributed by atoms with Crippen LogP contribution < -0.4 is 5.56 Å². The summed E-state index contributed by atoms with van der Waals surface area (Å²) in [4.78, 5) is 43.3. The summed E-state index contributed by atoms with van der Waals surface area (Å²) in [6.07, 6.45) is 0. The van der Waals surface area contributed by atoms with Crippen LogP contribution in [0.25, 0.3) is 10.9 Å². The highest BCUT2D eigenvalue weighted by molar-refractivity contribution is 7.99. The van der Waals surface area contributed by atoms with Crippen LogP contribution in [-0.2, 0) is 6.54 Å². The molecule has 0 saturated heterocycles. The van der Waals surface area contributed by atoms with E-state index in [-0.39, 0.29) is 23.9 Å². The summed E-state index contributed by atoms with van der Waals surface area (Å²) in [7, 11) is 0. The second-order valence-corrected chi connectivity index (χ2v) is 7.18. The normalized spacial score (nSPS) is 13.4. The molecule has 1 aliphatic heterocycles. The Labute approximate surface area is 159 Å². The first kappa shape index (κ1) is 17.5. The van der Waals surface area contributed by atoms with Gasteiger partial charge in [-0.2, -0.15) is 0 Å². The molecule has 0 spiro atoms. The van der Waals surface area contributed by atoms with E-state index in [9.17, 15) is 14.4 Å². The van der Waals surface area contributed by atoms with Crippen LogP contribution in [0.1, 0.15) is 27.6 Å². The Balaban J connectivity index is 1.54. The number of thioether (sulfide) groups is 1. The van der Waals surface area contributed by atoms with E-state index in [1.807, 2.05) is 25.1 Å². The highest BCUT2D eigenvalue weighted by Crippen LogP contribution is 2.24. The number of aromatic nitrogens is 2. The number of carbonyl (C=O) groups is 2. The van der Waals surface area contributed by atoms with Crippen molar-refractivity contribution in [3.63, 3.8) is 0 Å². The van der Waals surface area contributed by atoms with Gasteiger partial charge >= 0.3 is 0 Å². The van der Waals surface area contributed by atoms with Gasteiger partial charge in [-0.25, -0.2) is 4.98 Å². The maximum atomic E-state index is 12.6. The van der Waals surface area contributed by atoms with E-state index in [1.165, 1.54) is 16.7 Å². The topological polar surface area (TPSA) is 72.3 Å². The van der Waals surface area contributed by atoms with Crippen LogP contribution >= 0.6 is 11.8 Å². The molecule has 136 valence electrons. The molecule has 1 aliphatic rings. The van der Waals surface area contributed by atoms with Crippen molar-refractivity contribution < 1.29 is 9.59 Å². The van der Waals surface area contributed by atoms with Gasteiger partial charge in [-0.05, 0) is 31.2 Å². The first-order chi connectivity index (χ1) is 13.1. The summed E-state index contributed by atoms with van der Waals surface area (Å²) >= 11 is 1.38. The van der Waals surface area contributed by atoms with E-state index < -0.39 is 0 Å². The number of nitrogens with zero attached hydrogens (tertiary/aromatic N) is 3. The second kappa shape index (κ2) is 7.00. The molecule has 4 rings (SSSR count). The average Bonchev–Trinajstić information content (AvgIpc) is 2.93. The van der Waals surface area contributed by atoms with Gasteiger partial charge in [0.25, 0.3) is 17.4 Å². The number of fused-ring (bicyclic) bond motifs is 2. The van der Waals surface area contributed by atoms with Crippen LogP contribution in [-0.4, -0.2) is 38.6 Å². The summed E-state index contributed by atoms with van der Waals surface area (Å²) in [6, 6.07) is 14.1. The molecule has 27 heavy (non-hydrogen) atoms. The average molecular weight is 379 g/mol. The van der Waals surface area contributed by atoms with E-state index >= 15 is 0 Å². The zero-order valence-electron chi connectivity index (χ0n) is 14.7. The lowest BCUT2D eigenvalue weighted by Crippen LogP contribution is -2.32. The molecule has 0 unspecified atom stereocenters. The lowest BCUT2D eigenvalue weighted by Gasteiger charge is -2.15. The van der Waals surface area contributed by atoms with Gasteiger partial charge in [-0.15, -0.1) is 0 Å². The number of carbonyl (C=O) groups excluding carboxylic acids is 2. The predicted molar refractivity (Wildman–Crippen MR) is 104 cm³/mol. The zero-order valence-corrected chi connectivity index (χ0v) is 15.5. The van der Waals surface area contributed by atoms with Gasteiger partial charge in [0.2, 0.25) is 0 Å². The molecule has 0 fully saturated rings. The monoisotopic (exact) mass is 379 g/mol. The Kier molecular flexibility index (Phi) is 4.53. The summed E-state index contributed by atoms with van der Waals surface area (Å²) in [6.45, 7) is 2.67. The van der Waals surface area contributed by atoms with Crippen LogP contribution in [0.3, 0.4) is 0 Å². The van der Waals surface area contributed by atoms with Crippen LogP contribution in [0, 0.1) is 0 Å². The maximum Gasteiger partial charge on any atom is 0.262 e. The van der Waals surface area contributed by atoms with Crippen LogP contribution in [0.15, 0.2) is 58.5 Å². The van der Waals surface area contributed by atoms with Crippen LogP contribution in [0.2, 0.25) is 0 Å². The molecule has 0 N–H and O–H groups in total. The minimum atomic E-state index is -0.268. The summed E-state index contributed by atoms with van der Waals surface area (Å²) in [5, 5.41) is 1.18. The third-order valence-corrected chi connectivity index (χ3v) is 5.52. The van der Waals surface area contributed by atoms with Crippen molar-refractivity contribution in [1.82, 2.24) is 14.5 Å². The molecule has 7 heteroatoms. The van der Waals surface area contributed by atoms with Crippen molar-refractivity contribution in [3.05, 3.63) is 70.0 Å². The Bertz CT molecular complexity index is 1090. The number of hydrogen-bond acceptors (Lipinski definition) is 5. The van der Waals surface area contributed by atoms with E-state index in [1.54, 1.807) is 34.9 Å². The molecule has 0 saturated carbocycles. The molecule has 6 nitrogen and oxygen atoms in total. The van der Waals surface area contributed by atoms with Crippen molar-refractivity contribution >= 4 is 34.5 Å². The molecule has 0 atom stereocenters. The molecule has 2 aromatic carbocycles. The zero-order chi connectivity index (χ0) is 19.0. The van der Waals surface area contributed by atoms with E-state index in [2.05, 4.69) is 4.98 Å². The van der Waals surface area contributed by atoms with Gasteiger partial charge in [0.1, 0.15) is 0 Å². The van der Waals surface area contributed by atoms with Gasteiger partial charge in [0.15, 0.2) is 5.16 Å². The van der Waals surface area contributed by atoms with Gasteiger partial charge in [-0.1, -0.05) is 36.0 Å². The van der Waals surface area contributed by atoms with Gasteiger partial charge in [-0.3, -0.25) is 23.9 Å². The standard InChI is InChI=1S/C20H17N3O3S/c1-2-22-19(26)15-9-5-6-10-16(15)21-20(22)27-12-11-23-17(24)13-7-3-4-8-14(13)18(23)25/h3-10H,2,11-12H2,1H3. The van der Waals surface area contributed by atoms with Crippen molar-refractivity contribution in [2.45, 2.75) is 18.6 Å². The molecular formula is C20H17N3O3S. The lowest BCUT2D eigenvalue weighted by molar-refractivity contribution is 0.0664. The number of rotatable bonds is 5. The summed E-state index contributed by atoms with van der Waals surface area (Å²) in [5.74, 6) is -0.0675. The molecule has 1 aromatic heterocycles. The fourth-order valence-corrected chi connectivity index (χ4v) is 4.19. The number of amides is 2. The van der Waals surface area contributed by atoms with Crippen molar-refractivity contribution in [1.29, 1.82) is 0 Å². The maximum absolute atomic E-state index is 12.6. The third kappa shape index (κ3) is 2.94.